The van der Waals surface area contributed by atoms with Gasteiger partial charge in [0.2, 0.25) is 0 Å². The van der Waals surface area contributed by atoms with E-state index in [-0.39, 0.29) is 14.0 Å². The second-order valence-electron chi connectivity index (χ2n) is 2.69. The normalized spacial score (nSPS) is 12.1. The van der Waals surface area contributed by atoms with Crippen molar-refractivity contribution in [1.29, 1.82) is 0 Å². The lowest BCUT2D eigenvalue weighted by Crippen LogP contribution is -2.03. The van der Waals surface area contributed by atoms with Crippen molar-refractivity contribution in [3.63, 3.8) is 0 Å². The lowest BCUT2D eigenvalue weighted by atomic mass is 10.2. The van der Waals surface area contributed by atoms with Crippen LogP contribution in [0.2, 0.25) is 0 Å². The maximum Gasteiger partial charge on any atom is 0.281 e. The predicted octanol–water partition coefficient (Wildman–Crippen LogP) is 2.86. The lowest BCUT2D eigenvalue weighted by molar-refractivity contribution is 0.144. The van der Waals surface area contributed by atoms with Gasteiger partial charge in [-0.1, -0.05) is 0 Å². The lowest BCUT2D eigenvalue weighted by Gasteiger charge is -2.08. The van der Waals surface area contributed by atoms with Crippen molar-refractivity contribution < 1.29 is 17.2 Å². The van der Waals surface area contributed by atoms with E-state index in [1.54, 1.807) is 22.6 Å². The first kappa shape index (κ1) is 13.0. The Morgan fingerprint density at radius 3 is 2.47 bits per heavy atom. The first-order valence-electron chi connectivity index (χ1n) is 3.63. The van der Waals surface area contributed by atoms with Crippen molar-refractivity contribution in [2.45, 2.75) is 18.2 Å². The van der Waals surface area contributed by atoms with E-state index in [0.717, 1.165) is 6.20 Å². The van der Waals surface area contributed by atoms with Crippen molar-refractivity contribution in [1.82, 2.24) is 4.98 Å². The van der Waals surface area contributed by atoms with Crippen molar-refractivity contribution in [2.75, 3.05) is 0 Å². The molecule has 0 spiro atoms. The summed E-state index contributed by atoms with van der Waals surface area (Å²) < 4.78 is 46.9. The van der Waals surface area contributed by atoms with Crippen LogP contribution in [0.5, 0.6) is 0 Å². The Morgan fingerprint density at radius 1 is 1.53 bits per heavy atom. The van der Waals surface area contributed by atoms with E-state index in [0.29, 0.717) is 0 Å². The van der Waals surface area contributed by atoms with E-state index >= 15 is 0 Å². The minimum Gasteiger partial charge on any atom is -0.253 e. The Hall–Kier alpha value is -0.0200. The zero-order valence-corrected chi connectivity index (χ0v) is 11.1. The number of pyridine rings is 1. The third-order valence-corrected chi connectivity index (χ3v) is 4.51. The largest absolute Gasteiger partial charge is 0.281 e. The topological polar surface area (TPSA) is 47.0 Å². The smallest absolute Gasteiger partial charge is 0.253 e. The summed E-state index contributed by atoms with van der Waals surface area (Å²) in [7, 11) is 1.17. The second-order valence-corrected chi connectivity index (χ2v) is 6.30. The summed E-state index contributed by atoms with van der Waals surface area (Å²) in [6.07, 6.45) is -1.89. The molecule has 0 atom stereocenters. The molecule has 1 rings (SSSR count). The van der Waals surface area contributed by atoms with Crippen molar-refractivity contribution >= 4 is 42.3 Å². The highest BCUT2D eigenvalue weighted by molar-refractivity contribution is 14.1. The summed E-state index contributed by atoms with van der Waals surface area (Å²) >= 11 is 1.62. The van der Waals surface area contributed by atoms with Crippen molar-refractivity contribution in [3.05, 3.63) is 21.0 Å². The number of hydrogen-bond acceptors (Lipinski definition) is 3. The minimum atomic E-state index is -3.94. The molecule has 1 aromatic heterocycles. The van der Waals surface area contributed by atoms with E-state index in [1.165, 1.54) is 6.92 Å². The quantitative estimate of drug-likeness (QED) is 0.596. The highest BCUT2D eigenvalue weighted by atomic mass is 127. The number of nitrogens with zero attached hydrogens (tertiary/aromatic N) is 1. The molecule has 0 aliphatic rings. The third kappa shape index (κ3) is 2.76. The van der Waals surface area contributed by atoms with E-state index in [4.69, 9.17) is 10.7 Å². The first-order chi connectivity index (χ1) is 6.75. The van der Waals surface area contributed by atoms with Gasteiger partial charge in [0.05, 0.1) is 0 Å². The molecule has 0 N–H and O–H groups in total. The number of rotatable bonds is 2. The van der Waals surface area contributed by atoms with Crippen LogP contribution in [0.25, 0.3) is 0 Å². The molecule has 3 nitrogen and oxygen atoms in total. The fraction of sp³-hybridized carbons (Fsp3) is 0.286. The van der Waals surface area contributed by atoms with Crippen LogP contribution in [-0.2, 0) is 9.05 Å². The number of halogens is 4. The van der Waals surface area contributed by atoms with E-state index in [9.17, 15) is 17.2 Å². The minimum absolute atomic E-state index is 0.115. The van der Waals surface area contributed by atoms with Gasteiger partial charge in [0.25, 0.3) is 15.5 Å². The molecule has 0 amide bonds. The van der Waals surface area contributed by atoms with Gasteiger partial charge >= 0.3 is 0 Å². The van der Waals surface area contributed by atoms with Gasteiger partial charge in [0, 0.05) is 20.4 Å². The van der Waals surface area contributed by atoms with Crippen LogP contribution < -0.4 is 0 Å². The molecule has 0 bridgehead atoms. The first-order valence-corrected chi connectivity index (χ1v) is 7.01. The Bertz CT molecular complexity index is 492. The molecule has 0 unspecified atom stereocenters. The molecule has 0 fully saturated rings. The van der Waals surface area contributed by atoms with Gasteiger partial charge in [-0.3, -0.25) is 4.98 Å². The average molecular weight is 368 g/mol. The predicted molar refractivity (Wildman–Crippen MR) is 59.7 cm³/mol. The number of alkyl halides is 2. The van der Waals surface area contributed by atoms with Gasteiger partial charge in [-0.25, -0.2) is 17.2 Å². The molecular formula is C7H5ClF2INO2S. The van der Waals surface area contributed by atoms with Crippen LogP contribution in [0.15, 0.2) is 11.1 Å². The van der Waals surface area contributed by atoms with E-state index in [2.05, 4.69) is 4.98 Å². The van der Waals surface area contributed by atoms with Gasteiger partial charge in [-0.05, 0) is 35.1 Å². The molecule has 0 aromatic carbocycles. The summed E-state index contributed by atoms with van der Waals surface area (Å²) in [6.45, 7) is 1.41. The fourth-order valence-corrected chi connectivity index (χ4v) is 2.94. The molecule has 0 saturated carbocycles. The van der Waals surface area contributed by atoms with Crippen LogP contribution in [0, 0.1) is 10.5 Å². The molecule has 1 aromatic rings. The van der Waals surface area contributed by atoms with E-state index < -0.39 is 21.2 Å². The Balaban J connectivity index is 3.48. The highest BCUT2D eigenvalue weighted by Crippen LogP contribution is 2.29. The van der Waals surface area contributed by atoms with Crippen LogP contribution in [0.4, 0.5) is 8.78 Å². The Kier molecular flexibility index (Phi) is 3.88. The van der Waals surface area contributed by atoms with Crippen LogP contribution >= 0.6 is 33.3 Å². The molecule has 15 heavy (non-hydrogen) atoms. The molecular weight excluding hydrogens is 363 g/mol. The zero-order valence-electron chi connectivity index (χ0n) is 7.34. The molecule has 8 heteroatoms. The van der Waals surface area contributed by atoms with Crippen LogP contribution in [0.3, 0.4) is 0 Å². The Morgan fingerprint density at radius 2 is 2.07 bits per heavy atom. The fourth-order valence-electron chi connectivity index (χ4n) is 0.980. The zero-order chi connectivity index (χ0) is 11.8. The van der Waals surface area contributed by atoms with Gasteiger partial charge < -0.3 is 0 Å². The van der Waals surface area contributed by atoms with Gasteiger partial charge in [-0.15, -0.1) is 0 Å². The SMILES string of the molecule is Cc1c(S(=O)(=O)Cl)cnc(C(F)F)c1I. The number of hydrogen-bond donors (Lipinski definition) is 0. The monoisotopic (exact) mass is 367 g/mol. The third-order valence-electron chi connectivity index (χ3n) is 1.71. The van der Waals surface area contributed by atoms with Gasteiger partial charge in [0.1, 0.15) is 10.6 Å². The molecule has 1 heterocycles. The van der Waals surface area contributed by atoms with E-state index in [1.807, 2.05) is 0 Å². The molecule has 0 saturated heterocycles. The second kappa shape index (κ2) is 4.46. The van der Waals surface area contributed by atoms with Crippen LogP contribution in [0.1, 0.15) is 17.7 Å². The molecule has 0 aliphatic heterocycles. The molecule has 0 aliphatic carbocycles. The summed E-state index contributed by atoms with van der Waals surface area (Å²) in [5, 5.41) is 0. The maximum atomic E-state index is 12.4. The Labute approximate surface area is 103 Å². The van der Waals surface area contributed by atoms with Gasteiger partial charge in [-0.2, -0.15) is 0 Å². The summed E-state index contributed by atoms with van der Waals surface area (Å²) in [6, 6.07) is 0. The molecule has 84 valence electrons. The summed E-state index contributed by atoms with van der Waals surface area (Å²) in [4.78, 5) is 3.15. The standard InChI is InChI=1S/C7H5ClF2INO2S/c1-3-4(15(8,13)14)2-12-6(5(3)11)7(9)10/h2,7H,1H3. The summed E-state index contributed by atoms with van der Waals surface area (Å²) in [5.41, 5.74) is -0.243. The van der Waals surface area contributed by atoms with Crippen LogP contribution in [-0.4, -0.2) is 13.4 Å². The molecule has 0 radical (unpaired) electrons. The highest BCUT2D eigenvalue weighted by Gasteiger charge is 2.21. The summed E-state index contributed by atoms with van der Waals surface area (Å²) in [5.74, 6) is 0. The van der Waals surface area contributed by atoms with Gasteiger partial charge in [0.15, 0.2) is 0 Å². The average Bonchev–Trinajstić information content (AvgIpc) is 2.06. The van der Waals surface area contributed by atoms with Crippen molar-refractivity contribution in [2.24, 2.45) is 0 Å². The van der Waals surface area contributed by atoms with Crippen molar-refractivity contribution in [3.8, 4) is 0 Å². The number of aromatic nitrogens is 1. The maximum absolute atomic E-state index is 12.4.